The lowest BCUT2D eigenvalue weighted by atomic mass is 9.74. The van der Waals surface area contributed by atoms with Crippen molar-refractivity contribution in [1.29, 1.82) is 0 Å². The van der Waals surface area contributed by atoms with Gasteiger partial charge < -0.3 is 4.74 Å². The monoisotopic (exact) mass is 558 g/mol. The number of rotatable bonds is 6. The zero-order chi connectivity index (χ0) is 28.3. The fourth-order valence-electron chi connectivity index (χ4n) is 8.97. The van der Waals surface area contributed by atoms with Crippen molar-refractivity contribution in [3.63, 3.8) is 0 Å². The van der Waals surface area contributed by atoms with Crippen LogP contribution in [0.1, 0.15) is 102 Å². The van der Waals surface area contributed by atoms with Crippen molar-refractivity contribution in [3.05, 3.63) is 83.9 Å². The van der Waals surface area contributed by atoms with Gasteiger partial charge in [-0.2, -0.15) is 0 Å². The van der Waals surface area contributed by atoms with Gasteiger partial charge in [-0.1, -0.05) is 118 Å². The van der Waals surface area contributed by atoms with Gasteiger partial charge in [-0.05, 0) is 119 Å². The molecule has 3 aliphatic carbocycles. The lowest BCUT2D eigenvalue weighted by Crippen LogP contribution is -2.28. The van der Waals surface area contributed by atoms with Gasteiger partial charge in [-0.15, -0.1) is 0 Å². The van der Waals surface area contributed by atoms with Crippen LogP contribution in [-0.2, 0) is 17.6 Å². The fourth-order valence-corrected chi connectivity index (χ4v) is 8.97. The zero-order valence-corrected chi connectivity index (χ0v) is 25.8. The molecular formula is C41H50O. The second-order valence-corrected chi connectivity index (χ2v) is 14.0. The molecule has 2 fully saturated rings. The van der Waals surface area contributed by atoms with Crippen LogP contribution in [0.3, 0.4) is 0 Å². The highest BCUT2D eigenvalue weighted by Gasteiger charge is 2.29. The number of benzene rings is 4. The lowest BCUT2D eigenvalue weighted by molar-refractivity contribution is -0.0445. The highest BCUT2D eigenvalue weighted by atomic mass is 16.5. The SMILES string of the molecule is CCCC1CCC(CC2CCC(OC3CCc4ccc5ccccc5c4-c4c(ccc5ccccc45)CC3)CC2)CC1. The van der Waals surface area contributed by atoms with Gasteiger partial charge in [-0.3, -0.25) is 0 Å². The Morgan fingerprint density at radius 3 is 1.55 bits per heavy atom. The van der Waals surface area contributed by atoms with Crippen LogP contribution in [-0.4, -0.2) is 12.2 Å². The van der Waals surface area contributed by atoms with Gasteiger partial charge in [0.1, 0.15) is 0 Å². The summed E-state index contributed by atoms with van der Waals surface area (Å²) >= 11 is 0. The van der Waals surface area contributed by atoms with Crippen LogP contribution in [0.4, 0.5) is 0 Å². The van der Waals surface area contributed by atoms with Crippen LogP contribution >= 0.6 is 0 Å². The second-order valence-electron chi connectivity index (χ2n) is 14.0. The Labute approximate surface area is 254 Å². The topological polar surface area (TPSA) is 9.23 Å². The summed E-state index contributed by atoms with van der Waals surface area (Å²) in [5.74, 6) is 2.97. The molecule has 3 aliphatic rings. The van der Waals surface area contributed by atoms with E-state index in [0.29, 0.717) is 12.2 Å². The summed E-state index contributed by atoms with van der Waals surface area (Å²) in [5, 5.41) is 5.47. The number of ether oxygens (including phenoxy) is 1. The summed E-state index contributed by atoms with van der Waals surface area (Å²) in [6, 6.07) is 27.5. The summed E-state index contributed by atoms with van der Waals surface area (Å²) in [4.78, 5) is 0. The van der Waals surface area contributed by atoms with Crippen molar-refractivity contribution in [1.82, 2.24) is 0 Å². The van der Waals surface area contributed by atoms with Crippen molar-refractivity contribution in [2.75, 3.05) is 0 Å². The molecule has 1 nitrogen and oxygen atoms in total. The van der Waals surface area contributed by atoms with Crippen LogP contribution < -0.4 is 0 Å². The molecular weight excluding hydrogens is 508 g/mol. The summed E-state index contributed by atoms with van der Waals surface area (Å²) in [7, 11) is 0. The van der Waals surface area contributed by atoms with E-state index in [1.807, 2.05) is 0 Å². The minimum atomic E-state index is 0.345. The van der Waals surface area contributed by atoms with Gasteiger partial charge in [0.25, 0.3) is 0 Å². The van der Waals surface area contributed by atoms with Crippen molar-refractivity contribution >= 4 is 21.5 Å². The predicted molar refractivity (Wildman–Crippen MR) is 179 cm³/mol. The minimum Gasteiger partial charge on any atom is -0.375 e. The Hall–Kier alpha value is -2.64. The van der Waals surface area contributed by atoms with Crippen LogP contribution in [0.2, 0.25) is 0 Å². The Kier molecular flexibility index (Phi) is 8.66. The van der Waals surface area contributed by atoms with Gasteiger partial charge in [-0.25, -0.2) is 0 Å². The van der Waals surface area contributed by atoms with Crippen molar-refractivity contribution in [3.8, 4) is 11.1 Å². The normalized spacial score (nSPS) is 25.4. The van der Waals surface area contributed by atoms with Gasteiger partial charge >= 0.3 is 0 Å². The van der Waals surface area contributed by atoms with Crippen molar-refractivity contribution in [2.24, 2.45) is 17.8 Å². The smallest absolute Gasteiger partial charge is 0.0585 e. The maximum atomic E-state index is 7.01. The average molecular weight is 559 g/mol. The van der Waals surface area contributed by atoms with E-state index in [1.165, 1.54) is 114 Å². The molecule has 0 saturated heterocycles. The van der Waals surface area contributed by atoms with E-state index in [9.17, 15) is 0 Å². The van der Waals surface area contributed by atoms with Gasteiger partial charge in [0.2, 0.25) is 0 Å². The van der Waals surface area contributed by atoms with Gasteiger partial charge in [0.05, 0.1) is 12.2 Å². The van der Waals surface area contributed by atoms with E-state index in [2.05, 4.69) is 79.7 Å². The van der Waals surface area contributed by atoms with Crippen LogP contribution in [0.25, 0.3) is 32.7 Å². The van der Waals surface area contributed by atoms with Gasteiger partial charge in [0.15, 0.2) is 0 Å². The first-order chi connectivity index (χ1) is 20.7. The highest BCUT2D eigenvalue weighted by Crippen LogP contribution is 2.42. The maximum Gasteiger partial charge on any atom is 0.0585 e. The summed E-state index contributed by atoms with van der Waals surface area (Å²) in [5.41, 5.74) is 5.90. The first-order valence-electron chi connectivity index (χ1n) is 17.4. The quantitative estimate of drug-likeness (QED) is 0.229. The molecule has 4 aromatic rings. The van der Waals surface area contributed by atoms with E-state index < -0.39 is 0 Å². The molecule has 220 valence electrons. The van der Waals surface area contributed by atoms with E-state index in [1.54, 1.807) is 0 Å². The van der Waals surface area contributed by atoms with E-state index in [0.717, 1.165) is 43.4 Å². The third kappa shape index (κ3) is 6.05. The van der Waals surface area contributed by atoms with E-state index in [4.69, 9.17) is 4.74 Å². The van der Waals surface area contributed by atoms with Crippen molar-refractivity contribution in [2.45, 2.75) is 115 Å². The molecule has 4 aromatic carbocycles. The highest BCUT2D eigenvalue weighted by molar-refractivity contribution is 6.07. The zero-order valence-electron chi connectivity index (χ0n) is 25.8. The Balaban J connectivity index is 1.06. The maximum absolute atomic E-state index is 7.01. The fraction of sp³-hybridized carbons (Fsp3) is 0.512. The molecule has 0 bridgehead atoms. The third-order valence-corrected chi connectivity index (χ3v) is 11.3. The lowest BCUT2D eigenvalue weighted by Gasteiger charge is -2.35. The number of hydrogen-bond acceptors (Lipinski definition) is 1. The van der Waals surface area contributed by atoms with Gasteiger partial charge in [0, 0.05) is 0 Å². The van der Waals surface area contributed by atoms with E-state index in [-0.39, 0.29) is 0 Å². The largest absolute Gasteiger partial charge is 0.375 e. The van der Waals surface area contributed by atoms with Crippen LogP contribution in [0.15, 0.2) is 72.8 Å². The summed E-state index contributed by atoms with van der Waals surface area (Å²) in [6.45, 7) is 2.35. The molecule has 1 heteroatoms. The molecule has 0 heterocycles. The Morgan fingerprint density at radius 1 is 0.524 bits per heavy atom. The second kappa shape index (κ2) is 12.9. The summed E-state index contributed by atoms with van der Waals surface area (Å²) in [6.07, 6.45) is 20.8. The molecule has 0 atom stereocenters. The molecule has 0 amide bonds. The Bertz CT molecular complexity index is 1390. The molecule has 0 aromatic heterocycles. The molecule has 0 N–H and O–H groups in total. The molecule has 0 radical (unpaired) electrons. The standard InChI is InChI=1S/C41H50O/c1-2-7-29-12-14-30(15-13-29)28-31-16-24-36(25-17-31)42-37-26-22-34-20-18-32-8-3-5-10-38(32)40(34)41-35(23-27-37)21-19-33-9-4-6-11-39(33)41/h3-6,8-11,18-21,29-31,36-37H,2,7,12-17,22-28H2,1H3. The number of hydrogen-bond donors (Lipinski definition) is 0. The molecule has 0 unspecified atom stereocenters. The van der Waals surface area contributed by atoms with E-state index >= 15 is 0 Å². The molecule has 7 rings (SSSR count). The number of fused-ring (bicyclic) bond motifs is 7. The van der Waals surface area contributed by atoms with Crippen LogP contribution in [0.5, 0.6) is 0 Å². The predicted octanol–water partition coefficient (Wildman–Crippen LogP) is 11.5. The summed E-state index contributed by atoms with van der Waals surface area (Å²) < 4.78 is 7.01. The number of aryl methyl sites for hydroxylation is 2. The minimum absolute atomic E-state index is 0.345. The van der Waals surface area contributed by atoms with Crippen molar-refractivity contribution < 1.29 is 4.74 Å². The first kappa shape index (κ1) is 28.1. The molecule has 0 spiro atoms. The first-order valence-corrected chi connectivity index (χ1v) is 17.4. The molecule has 42 heavy (non-hydrogen) atoms. The molecule has 2 saturated carbocycles. The average Bonchev–Trinajstić information content (AvgIpc) is 3.11. The molecule has 0 aliphatic heterocycles. The van der Waals surface area contributed by atoms with Crippen LogP contribution in [0, 0.1) is 17.8 Å². The Morgan fingerprint density at radius 2 is 1.00 bits per heavy atom. The third-order valence-electron chi connectivity index (χ3n) is 11.3.